The van der Waals surface area contributed by atoms with E-state index in [0.717, 1.165) is 4.47 Å². The molecule has 0 saturated heterocycles. The molecule has 0 aliphatic rings. The minimum atomic E-state index is -0.510. The van der Waals surface area contributed by atoms with Gasteiger partial charge in [-0.05, 0) is 22.0 Å². The first kappa shape index (κ1) is 11.5. The fourth-order valence-electron chi connectivity index (χ4n) is 1.28. The Kier molecular flexibility index (Phi) is 3.50. The first-order valence-electron chi connectivity index (χ1n) is 4.57. The fourth-order valence-corrected chi connectivity index (χ4v) is 2.79. The van der Waals surface area contributed by atoms with Gasteiger partial charge in [-0.3, -0.25) is 0 Å². The third kappa shape index (κ3) is 2.76. The number of hydrogen-bond donors (Lipinski definition) is 0. The van der Waals surface area contributed by atoms with Crippen LogP contribution in [0.5, 0.6) is 0 Å². The number of aromatic nitrogens is 2. The third-order valence-corrected chi connectivity index (χ3v) is 3.71. The summed E-state index contributed by atoms with van der Waals surface area (Å²) in [6, 6.07) is 3.36. The maximum absolute atomic E-state index is 12.9. The molecule has 0 amide bonds. The summed E-state index contributed by atoms with van der Waals surface area (Å²) in [6.07, 6.45) is 1.23. The zero-order valence-corrected chi connectivity index (χ0v) is 10.9. The molecule has 2 aromatic heterocycles. The highest BCUT2D eigenvalue weighted by molar-refractivity contribution is 9.10. The lowest BCUT2D eigenvalue weighted by atomic mass is 10.4. The summed E-state index contributed by atoms with van der Waals surface area (Å²) in [6.45, 7) is 0.701. The predicted molar refractivity (Wildman–Crippen MR) is 66.1 cm³/mol. The van der Waals surface area contributed by atoms with Gasteiger partial charge in [0.25, 0.3) is 0 Å². The molecule has 6 heteroatoms. The topological polar surface area (TPSA) is 29.0 Å². The Morgan fingerprint density at radius 2 is 2.25 bits per heavy atom. The molecule has 0 spiro atoms. The minimum Gasteiger partial charge on any atom is -0.354 e. The lowest BCUT2D eigenvalue weighted by molar-refractivity contribution is 0.578. The summed E-state index contributed by atoms with van der Waals surface area (Å²) in [5, 5.41) is 2.02. The molecule has 16 heavy (non-hydrogen) atoms. The molecule has 0 aliphatic heterocycles. The highest BCUT2D eigenvalue weighted by atomic mass is 79.9. The van der Waals surface area contributed by atoms with Crippen molar-refractivity contribution in [2.45, 2.75) is 6.54 Å². The van der Waals surface area contributed by atoms with Gasteiger partial charge in [-0.2, -0.15) is 4.39 Å². The SMILES string of the molecule is CN(Cc1cc(Br)cs1)c1cc(F)ncn1. The van der Waals surface area contributed by atoms with E-state index in [1.807, 2.05) is 23.4 Å². The first-order chi connectivity index (χ1) is 7.65. The van der Waals surface area contributed by atoms with Gasteiger partial charge in [-0.25, -0.2) is 9.97 Å². The van der Waals surface area contributed by atoms with Crippen molar-refractivity contribution in [3.05, 3.63) is 39.1 Å². The van der Waals surface area contributed by atoms with Crippen molar-refractivity contribution >= 4 is 33.1 Å². The predicted octanol–water partition coefficient (Wildman–Crippen LogP) is 3.08. The van der Waals surface area contributed by atoms with Gasteiger partial charge < -0.3 is 4.90 Å². The summed E-state index contributed by atoms with van der Waals surface area (Å²) < 4.78 is 14.0. The monoisotopic (exact) mass is 301 g/mol. The Labute approximate surface area is 105 Å². The lowest BCUT2D eigenvalue weighted by Crippen LogP contribution is -2.17. The molecule has 0 bridgehead atoms. The molecule has 3 nitrogen and oxygen atoms in total. The molecule has 2 aromatic rings. The van der Waals surface area contributed by atoms with Crippen LogP contribution in [0.2, 0.25) is 0 Å². The standard InChI is InChI=1S/C10H9BrFN3S/c1-15(4-8-2-7(11)5-16-8)10-3-9(12)13-6-14-10/h2-3,5-6H,4H2,1H3. The molecule has 2 rings (SSSR count). The van der Waals surface area contributed by atoms with E-state index >= 15 is 0 Å². The van der Waals surface area contributed by atoms with Gasteiger partial charge in [0.2, 0.25) is 5.95 Å². The van der Waals surface area contributed by atoms with Crippen molar-refractivity contribution in [2.24, 2.45) is 0 Å². The van der Waals surface area contributed by atoms with Crippen molar-refractivity contribution < 1.29 is 4.39 Å². The quantitative estimate of drug-likeness (QED) is 0.816. The number of anilines is 1. The lowest BCUT2D eigenvalue weighted by Gasteiger charge is -2.16. The zero-order valence-electron chi connectivity index (χ0n) is 8.52. The number of halogens is 2. The van der Waals surface area contributed by atoms with Crippen LogP contribution in [0.25, 0.3) is 0 Å². The van der Waals surface area contributed by atoms with Crippen molar-refractivity contribution in [1.29, 1.82) is 0 Å². The summed E-state index contributed by atoms with van der Waals surface area (Å²) >= 11 is 5.05. The highest BCUT2D eigenvalue weighted by Gasteiger charge is 2.06. The molecule has 0 fully saturated rings. The molecule has 0 N–H and O–H groups in total. The smallest absolute Gasteiger partial charge is 0.218 e. The molecular weight excluding hydrogens is 293 g/mol. The van der Waals surface area contributed by atoms with E-state index in [9.17, 15) is 4.39 Å². The zero-order chi connectivity index (χ0) is 11.5. The van der Waals surface area contributed by atoms with E-state index in [4.69, 9.17) is 0 Å². The minimum absolute atomic E-state index is 0.510. The highest BCUT2D eigenvalue weighted by Crippen LogP contribution is 2.22. The van der Waals surface area contributed by atoms with Crippen molar-refractivity contribution in [3.63, 3.8) is 0 Å². The van der Waals surface area contributed by atoms with Crippen LogP contribution in [-0.2, 0) is 6.54 Å². The largest absolute Gasteiger partial charge is 0.354 e. The molecular formula is C10H9BrFN3S. The molecule has 0 radical (unpaired) electrons. The number of nitrogens with zero attached hydrogens (tertiary/aromatic N) is 3. The van der Waals surface area contributed by atoms with Crippen LogP contribution in [0, 0.1) is 5.95 Å². The van der Waals surface area contributed by atoms with Crippen LogP contribution >= 0.6 is 27.3 Å². The van der Waals surface area contributed by atoms with E-state index in [1.165, 1.54) is 17.3 Å². The van der Waals surface area contributed by atoms with Gasteiger partial charge in [0, 0.05) is 27.8 Å². The Morgan fingerprint density at radius 1 is 1.44 bits per heavy atom. The molecule has 84 valence electrons. The number of rotatable bonds is 3. The van der Waals surface area contributed by atoms with Crippen LogP contribution in [0.4, 0.5) is 10.2 Å². The normalized spacial score (nSPS) is 10.4. The van der Waals surface area contributed by atoms with E-state index in [2.05, 4.69) is 25.9 Å². The maximum Gasteiger partial charge on any atom is 0.218 e. The summed E-state index contributed by atoms with van der Waals surface area (Å²) in [5.41, 5.74) is 0. The maximum atomic E-state index is 12.9. The molecule has 0 aromatic carbocycles. The van der Waals surface area contributed by atoms with E-state index < -0.39 is 5.95 Å². The van der Waals surface area contributed by atoms with Crippen molar-refractivity contribution in [1.82, 2.24) is 9.97 Å². The van der Waals surface area contributed by atoms with Gasteiger partial charge in [0.15, 0.2) is 0 Å². The van der Waals surface area contributed by atoms with E-state index in [0.29, 0.717) is 12.4 Å². The van der Waals surface area contributed by atoms with Crippen LogP contribution < -0.4 is 4.90 Å². The van der Waals surface area contributed by atoms with Crippen molar-refractivity contribution in [3.8, 4) is 0 Å². The summed E-state index contributed by atoms with van der Waals surface area (Å²) in [4.78, 5) is 10.5. The van der Waals surface area contributed by atoms with Crippen LogP contribution in [0.1, 0.15) is 4.88 Å². The van der Waals surface area contributed by atoms with Gasteiger partial charge in [0.1, 0.15) is 12.1 Å². The van der Waals surface area contributed by atoms with Crippen LogP contribution in [0.15, 0.2) is 28.3 Å². The second-order valence-corrected chi connectivity index (χ2v) is 5.20. The average Bonchev–Trinajstić information content (AvgIpc) is 2.64. The number of thiophene rings is 1. The Bertz CT molecular complexity index is 488. The first-order valence-corrected chi connectivity index (χ1v) is 6.24. The average molecular weight is 302 g/mol. The van der Waals surface area contributed by atoms with Gasteiger partial charge in [0.05, 0.1) is 6.54 Å². The molecule has 0 saturated carbocycles. The van der Waals surface area contributed by atoms with Crippen LogP contribution in [-0.4, -0.2) is 17.0 Å². The molecule has 2 heterocycles. The van der Waals surface area contributed by atoms with Gasteiger partial charge >= 0.3 is 0 Å². The van der Waals surface area contributed by atoms with Gasteiger partial charge in [-0.15, -0.1) is 11.3 Å². The number of hydrogen-bond acceptors (Lipinski definition) is 4. The summed E-state index contributed by atoms with van der Waals surface area (Å²) in [7, 11) is 1.87. The summed E-state index contributed by atoms with van der Waals surface area (Å²) in [5.74, 6) is 0.0706. The second-order valence-electron chi connectivity index (χ2n) is 3.29. The van der Waals surface area contributed by atoms with Crippen LogP contribution in [0.3, 0.4) is 0 Å². The van der Waals surface area contributed by atoms with E-state index in [-0.39, 0.29) is 0 Å². The van der Waals surface area contributed by atoms with Gasteiger partial charge in [-0.1, -0.05) is 0 Å². The second kappa shape index (κ2) is 4.88. The Hall–Kier alpha value is -1.01. The molecule has 0 unspecified atom stereocenters. The Balaban J connectivity index is 2.11. The molecule has 0 atom stereocenters. The van der Waals surface area contributed by atoms with Crippen molar-refractivity contribution in [2.75, 3.05) is 11.9 Å². The molecule has 0 aliphatic carbocycles. The van der Waals surface area contributed by atoms with E-state index in [1.54, 1.807) is 11.3 Å². The Morgan fingerprint density at radius 3 is 2.88 bits per heavy atom. The fraction of sp³-hybridized carbons (Fsp3) is 0.200. The third-order valence-electron chi connectivity index (χ3n) is 2.03.